The first-order chi connectivity index (χ1) is 23.5. The van der Waals surface area contributed by atoms with Crippen molar-refractivity contribution in [2.75, 3.05) is 18.8 Å². The molecule has 0 saturated carbocycles. The Kier molecular flexibility index (Phi) is 14.0. The zero-order valence-electron chi connectivity index (χ0n) is 29.9. The van der Waals surface area contributed by atoms with Crippen molar-refractivity contribution in [2.45, 2.75) is 114 Å². The van der Waals surface area contributed by atoms with Crippen molar-refractivity contribution < 1.29 is 33.0 Å². The molecule has 1 aliphatic heterocycles. The van der Waals surface area contributed by atoms with Crippen LogP contribution in [-0.4, -0.2) is 87.0 Å². The molecule has 50 heavy (non-hydrogen) atoms. The third-order valence-corrected chi connectivity index (χ3v) is 11.0. The van der Waals surface area contributed by atoms with E-state index in [2.05, 4.69) is 49.6 Å². The molecule has 2 aromatic carbocycles. The van der Waals surface area contributed by atoms with Gasteiger partial charge in [0.2, 0.25) is 11.8 Å². The van der Waals surface area contributed by atoms with E-state index >= 15 is 0 Å². The Morgan fingerprint density at radius 3 is 2.30 bits per heavy atom. The van der Waals surface area contributed by atoms with Crippen LogP contribution in [0.4, 0.5) is 13.2 Å². The second-order valence-electron chi connectivity index (χ2n) is 15.0. The van der Waals surface area contributed by atoms with E-state index in [0.717, 1.165) is 34.4 Å². The summed E-state index contributed by atoms with van der Waals surface area (Å²) in [4.78, 5) is 29.2. The smallest absolute Gasteiger partial charge is 0.389 e. The molecule has 2 amide bonds. The number of likely N-dealkylation sites (tertiary alicyclic amines) is 1. The number of carbonyl (C=O) groups excluding carboxylic acids is 2. The van der Waals surface area contributed by atoms with E-state index in [1.165, 1.54) is 5.56 Å². The van der Waals surface area contributed by atoms with E-state index in [4.69, 9.17) is 0 Å². The zero-order valence-corrected chi connectivity index (χ0v) is 30.7. The fourth-order valence-corrected chi connectivity index (χ4v) is 7.81. The molecule has 4 rings (SSSR count). The summed E-state index contributed by atoms with van der Waals surface area (Å²) >= 11 is 1.69. The number of thioether (sulfide) groups is 1. The average molecular weight is 718 g/mol. The van der Waals surface area contributed by atoms with Gasteiger partial charge in [0.15, 0.2) is 0 Å². The molecule has 6 atom stereocenters. The number of nitrogens with one attached hydrogen (secondary N) is 2. The maximum atomic E-state index is 14.1. The second-order valence-corrected chi connectivity index (χ2v) is 16.9. The lowest BCUT2D eigenvalue weighted by atomic mass is 9.86. The lowest BCUT2D eigenvalue weighted by molar-refractivity contribution is -0.180. The Labute approximate surface area is 299 Å². The number of rotatable bonds is 15. The highest BCUT2D eigenvalue weighted by Crippen LogP contribution is 2.35. The number of benzene rings is 2. The second kappa shape index (κ2) is 17.6. The van der Waals surface area contributed by atoms with Crippen molar-refractivity contribution in [3.63, 3.8) is 0 Å². The predicted octanol–water partition coefficient (Wildman–Crippen LogP) is 6.17. The van der Waals surface area contributed by atoms with Gasteiger partial charge in [0.1, 0.15) is 18.2 Å². The van der Waals surface area contributed by atoms with Crippen LogP contribution in [0.15, 0.2) is 60.7 Å². The number of amides is 2. The Hall–Kier alpha value is -2.86. The van der Waals surface area contributed by atoms with Gasteiger partial charge >= 0.3 is 6.18 Å². The van der Waals surface area contributed by atoms with Crippen LogP contribution in [0.1, 0.15) is 77.0 Å². The molecule has 11 heteroatoms. The highest BCUT2D eigenvalue weighted by molar-refractivity contribution is 8.00. The van der Waals surface area contributed by atoms with Crippen LogP contribution in [0.2, 0.25) is 0 Å². The minimum atomic E-state index is -4.44. The number of halogens is 3. The molecule has 0 radical (unpaired) electrons. The van der Waals surface area contributed by atoms with Crippen LogP contribution in [0.25, 0.3) is 5.57 Å². The fourth-order valence-electron chi connectivity index (χ4n) is 6.84. The molecule has 0 bridgehead atoms. The van der Waals surface area contributed by atoms with Gasteiger partial charge in [0.25, 0.3) is 0 Å². The number of fused-ring (bicyclic) bond motifs is 1. The Balaban J connectivity index is 1.52. The number of aryl methyl sites for hydroxylation is 1. The number of nitrogens with zero attached hydrogens (tertiary/aromatic N) is 1. The van der Waals surface area contributed by atoms with E-state index in [1.807, 2.05) is 56.3 Å². The molecule has 1 aliphatic carbocycles. The summed E-state index contributed by atoms with van der Waals surface area (Å²) in [5.41, 5.74) is 4.31. The number of carbonyl (C=O) groups is 2. The lowest BCUT2D eigenvalue weighted by Gasteiger charge is -2.34. The molecule has 1 heterocycles. The summed E-state index contributed by atoms with van der Waals surface area (Å²) in [6, 6.07) is 13.7. The molecule has 2 aromatic rings. The fraction of sp³-hybridized carbons (Fsp3) is 0.590. The number of hydrogen-bond acceptors (Lipinski definition) is 6. The van der Waals surface area contributed by atoms with Crippen LogP contribution >= 0.6 is 11.8 Å². The van der Waals surface area contributed by atoms with Crippen LogP contribution in [0.5, 0.6) is 0 Å². The van der Waals surface area contributed by atoms with E-state index in [1.54, 1.807) is 11.8 Å². The summed E-state index contributed by atoms with van der Waals surface area (Å²) in [6.45, 7) is 9.73. The van der Waals surface area contributed by atoms with Gasteiger partial charge in [-0.05, 0) is 73.3 Å². The Morgan fingerprint density at radius 2 is 1.64 bits per heavy atom. The quantitative estimate of drug-likeness (QED) is 0.176. The minimum Gasteiger partial charge on any atom is -0.389 e. The van der Waals surface area contributed by atoms with Crippen molar-refractivity contribution in [3.8, 4) is 0 Å². The standard InChI is InChI=1S/C39H54F3N3O4S/c1-25(2)34(44-36(48)29(24-50-38(3,4)5)22-28-17-11-16-27-15-9-10-18-30(27)28)37(49)43-31(21-26-13-7-6-8-14-26)35(47)32(46)23-45-20-12-19-33(45)39(40,41)42/h6-10,13-15,17-18,25,29,31-35,46-47H,11-12,16,19-24H2,1-5H3,(H,43,49)(H,44,48)/t29-,31+,32?,33+,34+,35-/m1/s1. The number of hydrogen-bond donors (Lipinski definition) is 4. The molecular weight excluding hydrogens is 664 g/mol. The van der Waals surface area contributed by atoms with Crippen LogP contribution in [0.3, 0.4) is 0 Å². The maximum absolute atomic E-state index is 14.1. The van der Waals surface area contributed by atoms with Gasteiger partial charge in [0, 0.05) is 17.0 Å². The summed E-state index contributed by atoms with van der Waals surface area (Å²) in [5, 5.41) is 28.3. The number of aliphatic hydroxyl groups is 2. The van der Waals surface area contributed by atoms with Crippen molar-refractivity contribution >= 4 is 29.1 Å². The molecule has 4 N–H and O–H groups in total. The van der Waals surface area contributed by atoms with Gasteiger partial charge in [-0.3, -0.25) is 14.5 Å². The van der Waals surface area contributed by atoms with Gasteiger partial charge in [-0.15, -0.1) is 0 Å². The third-order valence-electron chi connectivity index (χ3n) is 9.56. The summed E-state index contributed by atoms with van der Waals surface area (Å²) in [6.07, 6.45) is -2.57. The number of β-amino-alcohol motifs (C(OH)–C–C–N with tert-alkyl or cyclic N) is 1. The Bertz CT molecular complexity index is 1450. The highest BCUT2D eigenvalue weighted by Gasteiger charge is 2.47. The van der Waals surface area contributed by atoms with E-state index in [9.17, 15) is 33.0 Å². The molecule has 1 unspecified atom stereocenters. The number of alkyl halides is 3. The normalized spacial score (nSPS) is 20.0. The van der Waals surface area contributed by atoms with Gasteiger partial charge < -0.3 is 20.8 Å². The SMILES string of the molecule is CC(C)[C@H](NC(=O)[C@@H](CSC(C)(C)C)CC1=CCCc2ccccc21)C(=O)N[C@@H](Cc1ccccc1)[C@@H](O)C(O)CN1CCC[C@H]1C(F)(F)F. The van der Waals surface area contributed by atoms with Crippen molar-refractivity contribution in [2.24, 2.45) is 11.8 Å². The first-order valence-electron chi connectivity index (χ1n) is 17.8. The average Bonchev–Trinajstić information content (AvgIpc) is 3.53. The molecule has 0 spiro atoms. The van der Waals surface area contributed by atoms with Crippen LogP contribution in [0, 0.1) is 11.8 Å². The Morgan fingerprint density at radius 1 is 0.960 bits per heavy atom. The monoisotopic (exact) mass is 717 g/mol. The van der Waals surface area contributed by atoms with Crippen LogP contribution < -0.4 is 10.6 Å². The highest BCUT2D eigenvalue weighted by atomic mass is 32.2. The predicted molar refractivity (Wildman–Crippen MR) is 195 cm³/mol. The van der Waals surface area contributed by atoms with Gasteiger partial charge in [0.05, 0.1) is 18.1 Å². The maximum Gasteiger partial charge on any atom is 0.404 e. The summed E-state index contributed by atoms with van der Waals surface area (Å²) < 4.78 is 40.8. The van der Waals surface area contributed by atoms with Gasteiger partial charge in [-0.2, -0.15) is 24.9 Å². The first kappa shape index (κ1) is 39.9. The van der Waals surface area contributed by atoms with E-state index < -0.39 is 48.3 Å². The first-order valence-corrected chi connectivity index (χ1v) is 18.7. The largest absolute Gasteiger partial charge is 0.404 e. The molecule has 2 aliphatic rings. The van der Waals surface area contributed by atoms with Crippen molar-refractivity contribution in [1.29, 1.82) is 0 Å². The van der Waals surface area contributed by atoms with Crippen molar-refractivity contribution in [1.82, 2.24) is 15.5 Å². The summed E-state index contributed by atoms with van der Waals surface area (Å²) in [7, 11) is 0. The molecule has 276 valence electrons. The third kappa shape index (κ3) is 11.3. The molecular formula is C39H54F3N3O4S. The minimum absolute atomic E-state index is 0.0642. The number of allylic oxidation sites excluding steroid dienone is 2. The molecule has 1 saturated heterocycles. The molecule has 0 aromatic heterocycles. The lowest BCUT2D eigenvalue weighted by Crippen LogP contribution is -2.58. The number of aliphatic hydroxyl groups excluding tert-OH is 2. The van der Waals surface area contributed by atoms with E-state index in [0.29, 0.717) is 18.6 Å². The van der Waals surface area contributed by atoms with Crippen molar-refractivity contribution in [3.05, 3.63) is 77.4 Å². The van der Waals surface area contributed by atoms with Crippen LogP contribution in [-0.2, 0) is 22.4 Å². The van der Waals surface area contributed by atoms with Gasteiger partial charge in [-0.1, -0.05) is 95.3 Å². The summed E-state index contributed by atoms with van der Waals surface area (Å²) in [5.74, 6) is -0.953. The van der Waals surface area contributed by atoms with Gasteiger partial charge in [-0.25, -0.2) is 0 Å². The zero-order chi connectivity index (χ0) is 36.6. The topological polar surface area (TPSA) is 102 Å². The van der Waals surface area contributed by atoms with E-state index in [-0.39, 0.29) is 42.5 Å². The molecule has 1 fully saturated rings. The molecule has 7 nitrogen and oxygen atoms in total.